The Hall–Kier alpha value is -0.476. The minimum atomic E-state index is -1.78. The molecular formula is C22H50O5Si2. The van der Waals surface area contributed by atoms with Crippen LogP contribution in [0.2, 0.25) is 37.8 Å². The molecule has 0 bridgehead atoms. The highest BCUT2D eigenvalue weighted by Crippen LogP contribution is 2.28. The fraction of sp³-hybridized carbons (Fsp3) is 0.864. The predicted molar refractivity (Wildman–Crippen MR) is 131 cm³/mol. The van der Waals surface area contributed by atoms with Crippen LogP contribution in [-0.2, 0) is 23.1 Å². The topological polar surface area (TPSA) is 54.0 Å². The van der Waals surface area contributed by atoms with Gasteiger partial charge in [0, 0.05) is 19.3 Å². The van der Waals surface area contributed by atoms with Crippen LogP contribution in [0.4, 0.5) is 0 Å². The largest absolute Gasteiger partial charge is 0.462 e. The molecule has 0 aliphatic rings. The zero-order valence-electron chi connectivity index (χ0n) is 18.5. The Balaban J connectivity index is -0.00000338. The monoisotopic (exact) mass is 450 g/mol. The Kier molecular flexibility index (Phi) is 20.9. The van der Waals surface area contributed by atoms with Gasteiger partial charge >= 0.3 is 5.97 Å². The van der Waals surface area contributed by atoms with Crippen LogP contribution < -0.4 is 0 Å². The lowest BCUT2D eigenvalue weighted by molar-refractivity contribution is -0.138. The minimum Gasteiger partial charge on any atom is -0.462 e. The average molecular weight is 451 g/mol. The molecular weight excluding hydrogens is 400 g/mol. The average Bonchev–Trinajstić information content (AvgIpc) is 2.59. The molecule has 0 rings (SSSR count). The molecule has 0 spiro atoms. The van der Waals surface area contributed by atoms with Crippen molar-refractivity contribution >= 4 is 22.6 Å². The second kappa shape index (κ2) is 18.3. The first-order chi connectivity index (χ1) is 12.7. The van der Waals surface area contributed by atoms with Gasteiger partial charge in [0.15, 0.2) is 16.6 Å². The van der Waals surface area contributed by atoms with Gasteiger partial charge in [-0.3, -0.25) is 0 Å². The highest BCUT2D eigenvalue weighted by Gasteiger charge is 2.35. The minimum absolute atomic E-state index is 0. The molecule has 0 heterocycles. The van der Waals surface area contributed by atoms with Crippen LogP contribution in [0.15, 0.2) is 12.2 Å². The Morgan fingerprint density at radius 2 is 1.48 bits per heavy atom. The summed E-state index contributed by atoms with van der Waals surface area (Å²) in [7, 11) is -1.83. The highest BCUT2D eigenvalue weighted by atomic mass is 28.4. The van der Waals surface area contributed by atoms with Crippen molar-refractivity contribution in [3.8, 4) is 0 Å². The maximum Gasteiger partial charge on any atom is 0.333 e. The fourth-order valence-corrected chi connectivity index (χ4v) is 12.9. The molecule has 0 aromatic heterocycles. The summed E-state index contributed by atoms with van der Waals surface area (Å²) in [5.41, 5.74) is 0.454. The van der Waals surface area contributed by atoms with Crippen LogP contribution >= 0.6 is 0 Å². The third-order valence-corrected chi connectivity index (χ3v) is 13.1. The standard InChI is InChI=1S/C20H42O5Si2.2CH4/c1-8-9-17-27(7,18-10-12-23-15-14-22-4)25-26(5,6)16-11-13-24-20(21)19(2)3;;/h2,8-18H2,1,3-7H3;2*1H4. The smallest absolute Gasteiger partial charge is 0.333 e. The van der Waals surface area contributed by atoms with Crippen LogP contribution in [0.1, 0.15) is 54.4 Å². The van der Waals surface area contributed by atoms with E-state index in [0.29, 0.717) is 25.4 Å². The van der Waals surface area contributed by atoms with Crippen LogP contribution in [0.5, 0.6) is 0 Å². The lowest BCUT2D eigenvalue weighted by Crippen LogP contribution is -2.46. The van der Waals surface area contributed by atoms with Gasteiger partial charge in [0.25, 0.3) is 0 Å². The van der Waals surface area contributed by atoms with Crippen LogP contribution in [0.25, 0.3) is 0 Å². The first kappa shape index (κ1) is 33.2. The second-order valence-corrected chi connectivity index (χ2v) is 16.9. The van der Waals surface area contributed by atoms with E-state index in [1.54, 1.807) is 14.0 Å². The summed E-state index contributed by atoms with van der Waals surface area (Å²) in [5, 5.41) is 0. The lowest BCUT2D eigenvalue weighted by Gasteiger charge is -2.37. The zero-order chi connectivity index (χ0) is 20.8. The summed E-state index contributed by atoms with van der Waals surface area (Å²) >= 11 is 0. The third kappa shape index (κ3) is 18.0. The van der Waals surface area contributed by atoms with Gasteiger partial charge < -0.3 is 18.3 Å². The van der Waals surface area contributed by atoms with E-state index in [-0.39, 0.29) is 20.8 Å². The van der Waals surface area contributed by atoms with Crippen LogP contribution in [0, 0.1) is 0 Å². The third-order valence-electron chi connectivity index (χ3n) is 4.51. The zero-order valence-corrected chi connectivity index (χ0v) is 20.5. The molecule has 0 aliphatic carbocycles. The first-order valence-corrected chi connectivity index (χ1v) is 16.2. The van der Waals surface area contributed by atoms with Crippen molar-refractivity contribution in [3.05, 3.63) is 12.2 Å². The van der Waals surface area contributed by atoms with Gasteiger partial charge in [-0.25, -0.2) is 4.79 Å². The van der Waals surface area contributed by atoms with Crippen molar-refractivity contribution in [2.24, 2.45) is 0 Å². The molecule has 0 radical (unpaired) electrons. The number of hydrogen-bond donors (Lipinski definition) is 0. The lowest BCUT2D eigenvalue weighted by atomic mass is 10.4. The van der Waals surface area contributed by atoms with Gasteiger partial charge in [0.1, 0.15) is 0 Å². The Labute approximate surface area is 183 Å². The number of carbonyl (C=O) groups excluding carboxylic acids is 1. The number of hydrogen-bond acceptors (Lipinski definition) is 5. The maximum atomic E-state index is 11.5. The molecule has 29 heavy (non-hydrogen) atoms. The van der Waals surface area contributed by atoms with Crippen molar-refractivity contribution in [1.29, 1.82) is 0 Å². The number of unbranched alkanes of at least 4 members (excludes halogenated alkanes) is 1. The first-order valence-electron chi connectivity index (χ1n) is 10.3. The van der Waals surface area contributed by atoms with E-state index in [9.17, 15) is 4.79 Å². The second-order valence-electron chi connectivity index (χ2n) is 8.14. The Bertz CT molecular complexity index is 429. The van der Waals surface area contributed by atoms with E-state index in [1.807, 2.05) is 0 Å². The van der Waals surface area contributed by atoms with Gasteiger partial charge in [-0.1, -0.05) is 41.2 Å². The van der Waals surface area contributed by atoms with E-state index >= 15 is 0 Å². The Morgan fingerprint density at radius 3 is 2.03 bits per heavy atom. The van der Waals surface area contributed by atoms with Crippen molar-refractivity contribution < 1.29 is 23.1 Å². The number of methoxy groups -OCH3 is 1. The molecule has 5 nitrogen and oxygen atoms in total. The van der Waals surface area contributed by atoms with Crippen molar-refractivity contribution in [2.45, 2.75) is 92.2 Å². The van der Waals surface area contributed by atoms with E-state index in [1.165, 1.54) is 18.9 Å². The van der Waals surface area contributed by atoms with Gasteiger partial charge in [0.05, 0.1) is 19.8 Å². The van der Waals surface area contributed by atoms with Gasteiger partial charge in [-0.05, 0) is 57.5 Å². The number of ether oxygens (including phenoxy) is 3. The van der Waals surface area contributed by atoms with Crippen molar-refractivity contribution in [3.63, 3.8) is 0 Å². The molecule has 0 amide bonds. The molecule has 0 saturated heterocycles. The highest BCUT2D eigenvalue weighted by molar-refractivity contribution is 6.85. The molecule has 0 aromatic rings. The molecule has 0 N–H and O–H groups in total. The molecule has 1 unspecified atom stereocenters. The van der Waals surface area contributed by atoms with Crippen LogP contribution in [-0.4, -0.2) is 56.1 Å². The van der Waals surface area contributed by atoms with Crippen molar-refractivity contribution in [2.75, 3.05) is 33.5 Å². The molecule has 0 fully saturated rings. The van der Waals surface area contributed by atoms with Crippen molar-refractivity contribution in [1.82, 2.24) is 0 Å². The molecule has 7 heteroatoms. The number of carbonyl (C=O) groups is 1. The van der Waals surface area contributed by atoms with E-state index in [4.69, 9.17) is 18.3 Å². The fourth-order valence-electron chi connectivity index (χ4n) is 3.07. The number of rotatable bonds is 17. The number of esters is 1. The Morgan fingerprint density at radius 1 is 0.897 bits per heavy atom. The summed E-state index contributed by atoms with van der Waals surface area (Å²) < 4.78 is 22.7. The normalized spacial score (nSPS) is 13.0. The molecule has 1 atom stereocenters. The van der Waals surface area contributed by atoms with E-state index < -0.39 is 16.6 Å². The predicted octanol–water partition coefficient (Wildman–Crippen LogP) is 6.42. The summed E-state index contributed by atoms with van der Waals surface area (Å²) in [6, 6.07) is 3.36. The van der Waals surface area contributed by atoms with Gasteiger partial charge in [-0.15, -0.1) is 0 Å². The van der Waals surface area contributed by atoms with Crippen LogP contribution in [0.3, 0.4) is 0 Å². The SMILES string of the molecule is C.C.C=C(C)C(=O)OCCC[Si](C)(C)O[Si](C)(CCCC)CCCOCCOC. The van der Waals surface area contributed by atoms with E-state index in [0.717, 1.165) is 31.5 Å². The van der Waals surface area contributed by atoms with Gasteiger partial charge in [-0.2, -0.15) is 0 Å². The van der Waals surface area contributed by atoms with E-state index in [2.05, 4.69) is 33.1 Å². The van der Waals surface area contributed by atoms with Gasteiger partial charge in [0.2, 0.25) is 0 Å². The summed E-state index contributed by atoms with van der Waals surface area (Å²) in [4.78, 5) is 11.5. The molecule has 0 aliphatic heterocycles. The quantitative estimate of drug-likeness (QED) is 0.111. The molecule has 0 saturated carbocycles. The summed E-state index contributed by atoms with van der Waals surface area (Å²) in [5.74, 6) is -0.300. The summed E-state index contributed by atoms with van der Waals surface area (Å²) in [6.45, 7) is 17.0. The summed E-state index contributed by atoms with van der Waals surface area (Å²) in [6.07, 6.45) is 4.34. The maximum absolute atomic E-state index is 11.5. The molecule has 176 valence electrons. The molecule has 0 aromatic carbocycles.